The molecule has 1 heterocycles. The standard InChI is InChI=1S/C28H24Cl3N3O2/c29-21-12-13-26(36-17-19-10-11-22(30)15-24(19)31)20(14-21)16-32-34-27(18-6-2-1-3-7-18)33-25-9-5-4-8-23(25)28(34)35/h4-5,8-16,18H,1-3,6-7,17H2. The van der Waals surface area contributed by atoms with Crippen LogP contribution in [0.3, 0.4) is 0 Å². The van der Waals surface area contributed by atoms with E-state index in [1.165, 1.54) is 11.1 Å². The summed E-state index contributed by atoms with van der Waals surface area (Å²) in [7, 11) is 0. The van der Waals surface area contributed by atoms with Crippen molar-refractivity contribution in [3.8, 4) is 5.75 Å². The Hall–Kier alpha value is -2.86. The number of aromatic nitrogens is 2. The van der Waals surface area contributed by atoms with E-state index in [1.54, 1.807) is 42.6 Å². The lowest BCUT2D eigenvalue weighted by atomic mass is 9.88. The molecule has 5 nitrogen and oxygen atoms in total. The predicted molar refractivity (Wildman–Crippen MR) is 147 cm³/mol. The highest BCUT2D eigenvalue weighted by molar-refractivity contribution is 6.35. The number of halogens is 3. The van der Waals surface area contributed by atoms with Gasteiger partial charge in [0, 0.05) is 32.1 Å². The maximum Gasteiger partial charge on any atom is 0.282 e. The Bertz CT molecular complexity index is 1490. The zero-order chi connectivity index (χ0) is 25.1. The molecule has 0 amide bonds. The summed E-state index contributed by atoms with van der Waals surface area (Å²) >= 11 is 18.6. The molecular weight excluding hydrogens is 517 g/mol. The summed E-state index contributed by atoms with van der Waals surface area (Å²) in [6, 6.07) is 17.9. The summed E-state index contributed by atoms with van der Waals surface area (Å²) < 4.78 is 7.50. The van der Waals surface area contributed by atoms with E-state index in [9.17, 15) is 4.79 Å². The first-order chi connectivity index (χ1) is 17.5. The number of nitrogens with zero attached hydrogens (tertiary/aromatic N) is 3. The molecule has 0 spiro atoms. The summed E-state index contributed by atoms with van der Waals surface area (Å²) in [6.07, 6.45) is 7.04. The number of para-hydroxylation sites is 1. The van der Waals surface area contributed by atoms with Crippen molar-refractivity contribution in [3.05, 3.63) is 103 Å². The van der Waals surface area contributed by atoms with Gasteiger partial charge in [0.15, 0.2) is 0 Å². The van der Waals surface area contributed by atoms with E-state index >= 15 is 0 Å². The monoisotopic (exact) mass is 539 g/mol. The third kappa shape index (κ3) is 5.44. The third-order valence-corrected chi connectivity index (χ3v) is 7.25. The minimum Gasteiger partial charge on any atom is -0.488 e. The number of fused-ring (bicyclic) bond motifs is 1. The Balaban J connectivity index is 1.51. The van der Waals surface area contributed by atoms with E-state index in [1.807, 2.05) is 24.3 Å². The normalized spacial score (nSPS) is 14.5. The molecule has 1 aromatic heterocycles. The van der Waals surface area contributed by atoms with Crippen molar-refractivity contribution < 1.29 is 4.74 Å². The van der Waals surface area contributed by atoms with Crippen LogP contribution in [0.4, 0.5) is 0 Å². The second kappa shape index (κ2) is 11.0. The van der Waals surface area contributed by atoms with Gasteiger partial charge in [-0.25, -0.2) is 4.98 Å². The summed E-state index contributed by atoms with van der Waals surface area (Å²) in [4.78, 5) is 18.3. The smallest absolute Gasteiger partial charge is 0.282 e. The van der Waals surface area contributed by atoms with Crippen molar-refractivity contribution in [1.82, 2.24) is 9.66 Å². The van der Waals surface area contributed by atoms with Crippen LogP contribution in [0.5, 0.6) is 5.75 Å². The summed E-state index contributed by atoms with van der Waals surface area (Å²) in [5.41, 5.74) is 1.95. The Labute approximate surface area is 224 Å². The van der Waals surface area contributed by atoms with Gasteiger partial charge in [-0.2, -0.15) is 9.78 Å². The Morgan fingerprint density at radius 2 is 1.72 bits per heavy atom. The fourth-order valence-corrected chi connectivity index (χ4v) is 5.19. The predicted octanol–water partition coefficient (Wildman–Crippen LogP) is 7.87. The summed E-state index contributed by atoms with van der Waals surface area (Å²) in [5.74, 6) is 1.46. The van der Waals surface area contributed by atoms with E-state index in [4.69, 9.17) is 44.5 Å². The van der Waals surface area contributed by atoms with Crippen LogP contribution in [0.1, 0.15) is 55.0 Å². The number of rotatable bonds is 6. The first-order valence-corrected chi connectivity index (χ1v) is 13.1. The number of hydrogen-bond acceptors (Lipinski definition) is 4. The molecule has 1 aliphatic rings. The lowest BCUT2D eigenvalue weighted by Crippen LogP contribution is -2.25. The fourth-order valence-electron chi connectivity index (χ4n) is 4.54. The van der Waals surface area contributed by atoms with Crippen LogP contribution in [-0.2, 0) is 6.61 Å². The van der Waals surface area contributed by atoms with Gasteiger partial charge >= 0.3 is 0 Å². The minimum atomic E-state index is -0.185. The van der Waals surface area contributed by atoms with E-state index in [0.717, 1.165) is 31.2 Å². The van der Waals surface area contributed by atoms with Gasteiger partial charge in [-0.15, -0.1) is 0 Å². The molecule has 0 saturated heterocycles. The molecule has 0 unspecified atom stereocenters. The van der Waals surface area contributed by atoms with Gasteiger partial charge < -0.3 is 4.74 Å². The molecule has 5 rings (SSSR count). The highest BCUT2D eigenvalue weighted by atomic mass is 35.5. The van der Waals surface area contributed by atoms with Gasteiger partial charge in [0.1, 0.15) is 18.2 Å². The van der Waals surface area contributed by atoms with E-state index in [0.29, 0.717) is 43.1 Å². The molecular formula is C28H24Cl3N3O2. The highest BCUT2D eigenvalue weighted by Gasteiger charge is 2.22. The second-order valence-electron chi connectivity index (χ2n) is 8.89. The maximum atomic E-state index is 13.5. The minimum absolute atomic E-state index is 0.185. The average Bonchev–Trinajstić information content (AvgIpc) is 2.89. The van der Waals surface area contributed by atoms with Crippen LogP contribution in [-0.4, -0.2) is 15.9 Å². The van der Waals surface area contributed by atoms with Crippen LogP contribution >= 0.6 is 34.8 Å². The lowest BCUT2D eigenvalue weighted by Gasteiger charge is -2.22. The molecule has 4 aromatic rings. The SMILES string of the molecule is O=c1c2ccccc2nc(C2CCCCC2)n1N=Cc1cc(Cl)ccc1OCc1ccc(Cl)cc1Cl. The van der Waals surface area contributed by atoms with E-state index in [2.05, 4.69) is 5.10 Å². The van der Waals surface area contributed by atoms with Crippen LogP contribution in [0.2, 0.25) is 15.1 Å². The molecule has 36 heavy (non-hydrogen) atoms. The highest BCUT2D eigenvalue weighted by Crippen LogP contribution is 2.32. The van der Waals surface area contributed by atoms with Crippen molar-refractivity contribution in [1.29, 1.82) is 0 Å². The van der Waals surface area contributed by atoms with Crippen LogP contribution < -0.4 is 10.3 Å². The van der Waals surface area contributed by atoms with Gasteiger partial charge in [-0.05, 0) is 55.3 Å². The van der Waals surface area contributed by atoms with Gasteiger partial charge in [-0.1, -0.05) is 72.3 Å². The first kappa shape index (κ1) is 24.8. The van der Waals surface area contributed by atoms with Crippen LogP contribution in [0, 0.1) is 0 Å². The zero-order valence-corrected chi connectivity index (χ0v) is 21.7. The molecule has 3 aromatic carbocycles. The summed E-state index contributed by atoms with van der Waals surface area (Å²) in [5, 5.41) is 6.78. The van der Waals surface area contributed by atoms with Gasteiger partial charge in [0.2, 0.25) is 0 Å². The first-order valence-electron chi connectivity index (χ1n) is 11.9. The molecule has 1 fully saturated rings. The van der Waals surface area contributed by atoms with Crippen LogP contribution in [0.15, 0.2) is 70.6 Å². The van der Waals surface area contributed by atoms with Crippen molar-refractivity contribution >= 4 is 51.9 Å². The molecule has 0 N–H and O–H groups in total. The molecule has 0 aliphatic heterocycles. The van der Waals surface area contributed by atoms with E-state index < -0.39 is 0 Å². The molecule has 0 atom stereocenters. The van der Waals surface area contributed by atoms with Crippen LogP contribution in [0.25, 0.3) is 10.9 Å². The fraction of sp³-hybridized carbons (Fsp3) is 0.250. The Morgan fingerprint density at radius 3 is 2.53 bits per heavy atom. The number of hydrogen-bond donors (Lipinski definition) is 0. The largest absolute Gasteiger partial charge is 0.488 e. The van der Waals surface area contributed by atoms with Crippen molar-refractivity contribution in [2.45, 2.75) is 44.6 Å². The molecule has 1 aliphatic carbocycles. The van der Waals surface area contributed by atoms with Crippen molar-refractivity contribution in [2.75, 3.05) is 0 Å². The molecule has 184 valence electrons. The molecule has 1 saturated carbocycles. The molecule has 0 radical (unpaired) electrons. The van der Waals surface area contributed by atoms with Crippen molar-refractivity contribution in [2.24, 2.45) is 5.10 Å². The quantitative estimate of drug-likeness (QED) is 0.234. The van der Waals surface area contributed by atoms with Gasteiger partial charge in [-0.3, -0.25) is 4.79 Å². The van der Waals surface area contributed by atoms with Crippen molar-refractivity contribution in [3.63, 3.8) is 0 Å². The lowest BCUT2D eigenvalue weighted by molar-refractivity contribution is 0.306. The molecule has 8 heteroatoms. The van der Waals surface area contributed by atoms with Gasteiger partial charge in [0.05, 0.1) is 17.1 Å². The second-order valence-corrected chi connectivity index (χ2v) is 10.2. The number of ether oxygens (including phenoxy) is 1. The maximum absolute atomic E-state index is 13.5. The summed E-state index contributed by atoms with van der Waals surface area (Å²) in [6.45, 7) is 0.239. The van der Waals surface area contributed by atoms with Gasteiger partial charge in [0.25, 0.3) is 5.56 Å². The molecule has 0 bridgehead atoms. The zero-order valence-electron chi connectivity index (χ0n) is 19.5. The number of benzene rings is 3. The topological polar surface area (TPSA) is 56.5 Å². The van der Waals surface area contributed by atoms with E-state index in [-0.39, 0.29) is 18.1 Å². The Morgan fingerprint density at radius 1 is 0.972 bits per heavy atom. The third-order valence-electron chi connectivity index (χ3n) is 6.43. The Kier molecular flexibility index (Phi) is 7.61. The average molecular weight is 541 g/mol.